The topological polar surface area (TPSA) is 73.1 Å². The fourth-order valence-corrected chi connectivity index (χ4v) is 3.29. The van der Waals surface area contributed by atoms with Crippen molar-refractivity contribution in [2.24, 2.45) is 0 Å². The lowest BCUT2D eigenvalue weighted by atomic mass is 9.94. The van der Waals surface area contributed by atoms with Crippen LogP contribution >= 0.6 is 0 Å². The van der Waals surface area contributed by atoms with Crippen molar-refractivity contribution in [2.75, 3.05) is 26.3 Å². The lowest BCUT2D eigenvalue weighted by Crippen LogP contribution is -2.40. The third-order valence-corrected chi connectivity index (χ3v) is 4.50. The summed E-state index contributed by atoms with van der Waals surface area (Å²) >= 11 is 0. The van der Waals surface area contributed by atoms with Crippen LogP contribution in [0.25, 0.3) is 0 Å². The minimum absolute atomic E-state index is 0.0378. The molecule has 3 heterocycles. The molecule has 1 fully saturated rings. The molecule has 0 spiro atoms. The number of likely N-dealkylation sites (tertiary alicyclic amines) is 1. The normalized spacial score (nSPS) is 17.7. The van der Waals surface area contributed by atoms with Gasteiger partial charge >= 0.3 is 0 Å². The van der Waals surface area contributed by atoms with E-state index >= 15 is 0 Å². The summed E-state index contributed by atoms with van der Waals surface area (Å²) in [5.41, 5.74) is 2.50. The van der Waals surface area contributed by atoms with Gasteiger partial charge in [0.25, 0.3) is 5.91 Å². The minimum Gasteiger partial charge on any atom is -0.380 e. The van der Waals surface area contributed by atoms with E-state index in [9.17, 15) is 4.79 Å². The van der Waals surface area contributed by atoms with Crippen LogP contribution in [0.4, 0.5) is 0 Å². The van der Waals surface area contributed by atoms with Crippen molar-refractivity contribution in [2.45, 2.75) is 39.2 Å². The molecule has 1 atom stereocenters. The Kier molecular flexibility index (Phi) is 5.75. The summed E-state index contributed by atoms with van der Waals surface area (Å²) in [6, 6.07) is 3.80. The van der Waals surface area contributed by atoms with Crippen molar-refractivity contribution >= 4 is 5.91 Å². The maximum atomic E-state index is 13.0. The molecule has 1 saturated heterocycles. The van der Waals surface area contributed by atoms with E-state index in [0.717, 1.165) is 30.8 Å². The summed E-state index contributed by atoms with van der Waals surface area (Å²) < 4.78 is 7.17. The van der Waals surface area contributed by atoms with Gasteiger partial charge in [0, 0.05) is 37.5 Å². The number of hydrogen-bond acceptors (Lipinski definition) is 5. The van der Waals surface area contributed by atoms with Gasteiger partial charge in [-0.15, -0.1) is 0 Å². The van der Waals surface area contributed by atoms with Crippen molar-refractivity contribution < 1.29 is 9.53 Å². The maximum Gasteiger partial charge on any atom is 0.272 e. The molecule has 0 aromatic carbocycles. The average molecular weight is 343 g/mol. The number of amides is 1. The van der Waals surface area contributed by atoms with Crippen LogP contribution in [-0.4, -0.2) is 56.9 Å². The van der Waals surface area contributed by atoms with E-state index in [0.29, 0.717) is 32.0 Å². The van der Waals surface area contributed by atoms with Gasteiger partial charge < -0.3 is 9.64 Å². The van der Waals surface area contributed by atoms with Gasteiger partial charge in [0.1, 0.15) is 12.0 Å². The highest BCUT2D eigenvalue weighted by molar-refractivity contribution is 5.92. The molecule has 0 radical (unpaired) electrons. The summed E-state index contributed by atoms with van der Waals surface area (Å²) in [6.07, 6.45) is 5.35. The number of carbonyl (C=O) groups excluding carboxylic acids is 1. The smallest absolute Gasteiger partial charge is 0.272 e. The number of ether oxygens (including phenoxy) is 1. The van der Waals surface area contributed by atoms with Crippen LogP contribution in [-0.2, 0) is 11.3 Å². The lowest BCUT2D eigenvalue weighted by Gasteiger charge is -2.32. The van der Waals surface area contributed by atoms with Gasteiger partial charge in [-0.3, -0.25) is 9.48 Å². The molecule has 7 nitrogen and oxygen atoms in total. The van der Waals surface area contributed by atoms with E-state index in [1.54, 1.807) is 17.2 Å². The largest absolute Gasteiger partial charge is 0.380 e. The molecule has 1 aliphatic rings. The Bertz CT molecular complexity index is 701. The van der Waals surface area contributed by atoms with E-state index in [-0.39, 0.29) is 11.8 Å². The third-order valence-electron chi connectivity index (χ3n) is 4.50. The van der Waals surface area contributed by atoms with E-state index in [1.165, 1.54) is 0 Å². The summed E-state index contributed by atoms with van der Waals surface area (Å²) in [4.78, 5) is 23.3. The SMILES string of the molecule is CCOCCn1nc(C)cc1C(=O)N1CCC[C@H](c2ccncn2)C1. The summed E-state index contributed by atoms with van der Waals surface area (Å²) in [6.45, 7) is 7.14. The highest BCUT2D eigenvalue weighted by atomic mass is 16.5. The zero-order chi connectivity index (χ0) is 17.6. The summed E-state index contributed by atoms with van der Waals surface area (Å²) in [5.74, 6) is 0.303. The highest BCUT2D eigenvalue weighted by Gasteiger charge is 2.28. The molecule has 0 aliphatic carbocycles. The molecule has 3 rings (SSSR count). The van der Waals surface area contributed by atoms with Crippen molar-refractivity contribution in [1.29, 1.82) is 0 Å². The Morgan fingerprint density at radius 2 is 2.32 bits per heavy atom. The van der Waals surface area contributed by atoms with Crippen LogP contribution < -0.4 is 0 Å². The minimum atomic E-state index is 0.0378. The molecule has 1 amide bonds. The van der Waals surface area contributed by atoms with Crippen molar-refractivity contribution in [3.63, 3.8) is 0 Å². The number of piperidine rings is 1. The number of aromatic nitrogens is 4. The van der Waals surface area contributed by atoms with Crippen LogP contribution in [0, 0.1) is 6.92 Å². The van der Waals surface area contributed by atoms with Gasteiger partial charge in [-0.1, -0.05) is 0 Å². The second-order valence-electron chi connectivity index (χ2n) is 6.32. The van der Waals surface area contributed by atoms with Gasteiger partial charge in [-0.2, -0.15) is 5.10 Å². The summed E-state index contributed by atoms with van der Waals surface area (Å²) in [5, 5.41) is 4.44. The van der Waals surface area contributed by atoms with Gasteiger partial charge in [0.2, 0.25) is 0 Å². The molecule has 25 heavy (non-hydrogen) atoms. The predicted molar refractivity (Wildman–Crippen MR) is 93.4 cm³/mol. The van der Waals surface area contributed by atoms with E-state index in [2.05, 4.69) is 15.1 Å². The first kappa shape index (κ1) is 17.5. The molecule has 2 aromatic heterocycles. The molecule has 0 saturated carbocycles. The van der Waals surface area contributed by atoms with Crippen molar-refractivity contribution in [3.05, 3.63) is 41.7 Å². The predicted octanol–water partition coefficient (Wildman–Crippen LogP) is 2.04. The first-order valence-electron chi connectivity index (χ1n) is 8.86. The zero-order valence-corrected chi connectivity index (χ0v) is 14.9. The fourth-order valence-electron chi connectivity index (χ4n) is 3.29. The van der Waals surface area contributed by atoms with Crippen LogP contribution in [0.1, 0.15) is 47.6 Å². The molecule has 1 aliphatic heterocycles. The second-order valence-corrected chi connectivity index (χ2v) is 6.32. The maximum absolute atomic E-state index is 13.0. The Morgan fingerprint density at radius 3 is 3.08 bits per heavy atom. The lowest BCUT2D eigenvalue weighted by molar-refractivity contribution is 0.0688. The molecule has 7 heteroatoms. The number of nitrogens with zero attached hydrogens (tertiary/aromatic N) is 5. The average Bonchev–Trinajstić information content (AvgIpc) is 3.03. The molecule has 0 unspecified atom stereocenters. The molecule has 134 valence electrons. The molecule has 2 aromatic rings. The van der Waals surface area contributed by atoms with Gasteiger partial charge in [-0.25, -0.2) is 9.97 Å². The van der Waals surface area contributed by atoms with Gasteiger partial charge in [0.05, 0.1) is 18.8 Å². The number of hydrogen-bond donors (Lipinski definition) is 0. The molecule has 0 N–H and O–H groups in total. The fraction of sp³-hybridized carbons (Fsp3) is 0.556. The summed E-state index contributed by atoms with van der Waals surface area (Å²) in [7, 11) is 0. The van der Waals surface area contributed by atoms with Crippen molar-refractivity contribution in [3.8, 4) is 0 Å². The van der Waals surface area contributed by atoms with E-state index < -0.39 is 0 Å². The number of aryl methyl sites for hydroxylation is 1. The van der Waals surface area contributed by atoms with Crippen molar-refractivity contribution in [1.82, 2.24) is 24.6 Å². The molecular weight excluding hydrogens is 318 g/mol. The van der Waals surface area contributed by atoms with Crippen LogP contribution in [0.3, 0.4) is 0 Å². The van der Waals surface area contributed by atoms with E-state index in [1.807, 2.05) is 30.9 Å². The van der Waals surface area contributed by atoms with Crippen LogP contribution in [0.5, 0.6) is 0 Å². The molecule has 0 bridgehead atoms. The first-order chi connectivity index (χ1) is 12.2. The zero-order valence-electron chi connectivity index (χ0n) is 14.9. The highest BCUT2D eigenvalue weighted by Crippen LogP contribution is 2.26. The molecular formula is C18H25N5O2. The number of rotatable bonds is 6. The Hall–Kier alpha value is -2.28. The standard InChI is InChI=1S/C18H25N5O2/c1-3-25-10-9-23-17(11-14(2)21-23)18(24)22-8-4-5-15(12-22)16-6-7-19-13-20-16/h6-7,11,13,15H,3-5,8-10,12H2,1-2H3/t15-/m0/s1. The Labute approximate surface area is 148 Å². The first-order valence-corrected chi connectivity index (χ1v) is 8.86. The van der Waals surface area contributed by atoms with Crippen LogP contribution in [0.2, 0.25) is 0 Å². The number of carbonyl (C=O) groups is 1. The quantitative estimate of drug-likeness (QED) is 0.751. The van der Waals surface area contributed by atoms with E-state index in [4.69, 9.17) is 4.74 Å². The van der Waals surface area contributed by atoms with Crippen LogP contribution in [0.15, 0.2) is 24.7 Å². The Morgan fingerprint density at radius 1 is 1.44 bits per heavy atom. The second kappa shape index (κ2) is 8.20. The monoisotopic (exact) mass is 343 g/mol. The Balaban J connectivity index is 1.72. The van der Waals surface area contributed by atoms with Gasteiger partial charge in [-0.05, 0) is 38.8 Å². The third kappa shape index (κ3) is 4.22. The van der Waals surface area contributed by atoms with Gasteiger partial charge in [0.15, 0.2) is 0 Å².